The van der Waals surface area contributed by atoms with Crippen molar-refractivity contribution in [3.8, 4) is 0 Å². The Hall–Kier alpha value is -3.35. The third-order valence-corrected chi connectivity index (χ3v) is 4.16. The van der Waals surface area contributed by atoms with Gasteiger partial charge < -0.3 is 14.8 Å². The number of nitrogens with zero attached hydrogens (tertiary/aromatic N) is 1. The first kappa shape index (κ1) is 17.5. The van der Waals surface area contributed by atoms with Gasteiger partial charge in [-0.25, -0.2) is 9.59 Å². The normalized spacial score (nSPS) is 10.9. The number of carboxylic acids is 1. The van der Waals surface area contributed by atoms with Crippen LogP contribution in [0.4, 0.5) is 5.69 Å². The minimum atomic E-state index is -1.12. The van der Waals surface area contributed by atoms with Crippen molar-refractivity contribution < 1.29 is 19.1 Å². The number of rotatable bonds is 4. The van der Waals surface area contributed by atoms with Gasteiger partial charge in [-0.2, -0.15) is 0 Å². The van der Waals surface area contributed by atoms with Crippen molar-refractivity contribution in [1.29, 1.82) is 0 Å². The highest BCUT2D eigenvalue weighted by Crippen LogP contribution is 2.22. The lowest BCUT2D eigenvalue weighted by molar-refractivity contribution is -0.116. The van der Waals surface area contributed by atoms with E-state index in [2.05, 4.69) is 5.32 Å². The summed E-state index contributed by atoms with van der Waals surface area (Å²) < 4.78 is 6.24. The van der Waals surface area contributed by atoms with Gasteiger partial charge in [-0.3, -0.25) is 9.36 Å². The van der Waals surface area contributed by atoms with Gasteiger partial charge in [0.05, 0.1) is 11.1 Å². The average Bonchev–Trinajstić information content (AvgIpc) is 2.85. The lowest BCUT2D eigenvalue weighted by atomic mass is 10.1. The maximum atomic E-state index is 12.4. The number of carboxylic acid groups (broad SMARTS) is 1. The zero-order valence-corrected chi connectivity index (χ0v) is 14.6. The summed E-state index contributed by atoms with van der Waals surface area (Å²) in [6.45, 7) is 5.56. The molecule has 0 fully saturated rings. The van der Waals surface area contributed by atoms with Crippen LogP contribution in [0.5, 0.6) is 0 Å². The summed E-state index contributed by atoms with van der Waals surface area (Å²) in [6, 6.07) is 8.02. The maximum absolute atomic E-state index is 12.4. The summed E-state index contributed by atoms with van der Waals surface area (Å²) in [5.74, 6) is -2.20. The minimum absolute atomic E-state index is 0.00811. The highest BCUT2D eigenvalue weighted by atomic mass is 16.4. The van der Waals surface area contributed by atoms with E-state index in [0.717, 1.165) is 22.4 Å². The Balaban J connectivity index is 1.89. The summed E-state index contributed by atoms with van der Waals surface area (Å²) in [4.78, 5) is 35.5. The van der Waals surface area contributed by atoms with Gasteiger partial charge in [0.15, 0.2) is 5.58 Å². The summed E-state index contributed by atoms with van der Waals surface area (Å²) in [6.07, 6.45) is 0. The van der Waals surface area contributed by atoms with Gasteiger partial charge in [0.1, 0.15) is 6.54 Å². The van der Waals surface area contributed by atoms with E-state index in [1.807, 2.05) is 32.9 Å². The molecule has 7 heteroatoms. The molecule has 0 aliphatic rings. The molecule has 0 saturated heterocycles. The fourth-order valence-corrected chi connectivity index (χ4v) is 3.05. The second-order valence-corrected chi connectivity index (χ2v) is 6.26. The van der Waals surface area contributed by atoms with Crippen molar-refractivity contribution in [2.75, 3.05) is 5.32 Å². The van der Waals surface area contributed by atoms with E-state index in [9.17, 15) is 14.4 Å². The number of aromatic nitrogens is 1. The first-order chi connectivity index (χ1) is 12.3. The molecule has 0 atom stereocenters. The Bertz CT molecular complexity index is 1070. The van der Waals surface area contributed by atoms with Crippen LogP contribution in [0.2, 0.25) is 0 Å². The lowest BCUT2D eigenvalue weighted by Crippen LogP contribution is -2.25. The zero-order chi connectivity index (χ0) is 19.0. The molecule has 1 aromatic heterocycles. The minimum Gasteiger partial charge on any atom is -0.478 e. The van der Waals surface area contributed by atoms with Crippen LogP contribution in [0.25, 0.3) is 11.1 Å². The van der Waals surface area contributed by atoms with Crippen molar-refractivity contribution in [1.82, 2.24) is 4.57 Å². The van der Waals surface area contributed by atoms with Crippen LogP contribution >= 0.6 is 0 Å². The molecule has 0 aliphatic heterocycles. The predicted molar refractivity (Wildman–Crippen MR) is 96.7 cm³/mol. The average molecular weight is 354 g/mol. The summed E-state index contributed by atoms with van der Waals surface area (Å²) in [5, 5.41) is 11.8. The molecule has 0 unspecified atom stereocenters. The Kier molecular flexibility index (Phi) is 4.38. The molecule has 0 bridgehead atoms. The molecule has 3 rings (SSSR count). The molecule has 0 spiro atoms. The van der Waals surface area contributed by atoms with Gasteiger partial charge in [-0.1, -0.05) is 17.7 Å². The van der Waals surface area contributed by atoms with E-state index in [1.54, 1.807) is 0 Å². The number of amides is 1. The Morgan fingerprint density at radius 3 is 2.38 bits per heavy atom. The van der Waals surface area contributed by atoms with E-state index >= 15 is 0 Å². The SMILES string of the molecule is Cc1cc(C)c(NC(=O)Cn2c(=O)oc3cc(C(=O)O)ccc32)c(C)c1. The van der Waals surface area contributed by atoms with E-state index in [4.69, 9.17) is 9.52 Å². The third-order valence-electron chi connectivity index (χ3n) is 4.16. The third kappa shape index (κ3) is 3.23. The number of aryl methyl sites for hydroxylation is 3. The molecule has 2 aromatic carbocycles. The predicted octanol–water partition coefficient (Wildman–Crippen LogP) is 2.86. The Labute approximate surface area is 148 Å². The Morgan fingerprint density at radius 1 is 1.12 bits per heavy atom. The number of hydrogen-bond donors (Lipinski definition) is 2. The molecule has 2 N–H and O–H groups in total. The number of carbonyl (C=O) groups excluding carboxylic acids is 1. The van der Waals surface area contributed by atoms with Crippen LogP contribution in [0, 0.1) is 20.8 Å². The van der Waals surface area contributed by atoms with Crippen LogP contribution < -0.4 is 11.1 Å². The standard InChI is InChI=1S/C19H18N2O5/c1-10-6-11(2)17(12(3)7-10)20-16(22)9-21-14-5-4-13(18(23)24)8-15(14)26-19(21)25/h4-8H,9H2,1-3H3,(H,20,22)(H,23,24). The number of fused-ring (bicyclic) bond motifs is 1. The number of carbonyl (C=O) groups is 2. The molecular weight excluding hydrogens is 336 g/mol. The van der Waals surface area contributed by atoms with E-state index in [1.165, 1.54) is 22.8 Å². The maximum Gasteiger partial charge on any atom is 0.420 e. The first-order valence-electron chi connectivity index (χ1n) is 8.00. The summed E-state index contributed by atoms with van der Waals surface area (Å²) in [5.41, 5.74) is 4.20. The first-order valence-corrected chi connectivity index (χ1v) is 8.00. The lowest BCUT2D eigenvalue weighted by Gasteiger charge is -2.13. The van der Waals surface area contributed by atoms with Gasteiger partial charge in [-0.15, -0.1) is 0 Å². The molecule has 7 nitrogen and oxygen atoms in total. The molecule has 3 aromatic rings. The fraction of sp³-hybridized carbons (Fsp3) is 0.211. The number of oxazole rings is 1. The van der Waals surface area contributed by atoms with Crippen molar-refractivity contribution in [3.63, 3.8) is 0 Å². The van der Waals surface area contributed by atoms with Gasteiger partial charge >= 0.3 is 11.7 Å². The zero-order valence-electron chi connectivity index (χ0n) is 14.6. The van der Waals surface area contributed by atoms with Crippen LogP contribution in [0.1, 0.15) is 27.0 Å². The van der Waals surface area contributed by atoms with Crippen molar-refractivity contribution in [3.05, 3.63) is 63.1 Å². The second-order valence-electron chi connectivity index (χ2n) is 6.26. The van der Waals surface area contributed by atoms with Crippen LogP contribution in [-0.4, -0.2) is 21.6 Å². The highest BCUT2D eigenvalue weighted by Gasteiger charge is 2.16. The largest absolute Gasteiger partial charge is 0.478 e. The number of aromatic carboxylic acids is 1. The van der Waals surface area contributed by atoms with E-state index in [0.29, 0.717) is 5.52 Å². The molecule has 0 saturated carbocycles. The number of nitrogens with one attached hydrogen (secondary N) is 1. The van der Waals surface area contributed by atoms with E-state index < -0.39 is 11.7 Å². The fourth-order valence-electron chi connectivity index (χ4n) is 3.05. The van der Waals surface area contributed by atoms with E-state index in [-0.39, 0.29) is 23.6 Å². The van der Waals surface area contributed by atoms with Crippen LogP contribution in [-0.2, 0) is 11.3 Å². The summed E-state index contributed by atoms with van der Waals surface area (Å²) >= 11 is 0. The van der Waals surface area contributed by atoms with Crippen LogP contribution in [0.3, 0.4) is 0 Å². The topological polar surface area (TPSA) is 102 Å². The monoisotopic (exact) mass is 354 g/mol. The molecular formula is C19H18N2O5. The van der Waals surface area contributed by atoms with Gasteiger partial charge in [0.25, 0.3) is 0 Å². The highest BCUT2D eigenvalue weighted by molar-refractivity contribution is 5.94. The quantitative estimate of drug-likeness (QED) is 0.750. The molecule has 0 aliphatic carbocycles. The molecule has 134 valence electrons. The number of hydrogen-bond acceptors (Lipinski definition) is 4. The van der Waals surface area contributed by atoms with Crippen molar-refractivity contribution in [2.45, 2.75) is 27.3 Å². The molecule has 26 heavy (non-hydrogen) atoms. The van der Waals surface area contributed by atoms with Crippen molar-refractivity contribution in [2.24, 2.45) is 0 Å². The molecule has 0 radical (unpaired) electrons. The number of anilines is 1. The van der Waals surface area contributed by atoms with Gasteiger partial charge in [0, 0.05) is 5.69 Å². The second kappa shape index (κ2) is 6.51. The Morgan fingerprint density at radius 2 is 1.77 bits per heavy atom. The van der Waals surface area contributed by atoms with Crippen LogP contribution in [0.15, 0.2) is 39.5 Å². The summed E-state index contributed by atoms with van der Waals surface area (Å²) in [7, 11) is 0. The van der Waals surface area contributed by atoms with Crippen molar-refractivity contribution >= 4 is 28.7 Å². The molecule has 1 amide bonds. The smallest absolute Gasteiger partial charge is 0.420 e. The number of benzene rings is 2. The van der Waals surface area contributed by atoms with Gasteiger partial charge in [-0.05, 0) is 50.1 Å². The van der Waals surface area contributed by atoms with Gasteiger partial charge in [0.2, 0.25) is 5.91 Å². The molecule has 1 heterocycles.